The maximum absolute atomic E-state index is 6.15. The number of anilines is 2. The van der Waals surface area contributed by atoms with Gasteiger partial charge in [0.2, 0.25) is 0 Å². The van der Waals surface area contributed by atoms with E-state index in [0.717, 1.165) is 30.2 Å². The lowest BCUT2D eigenvalue weighted by Gasteiger charge is -2.30. The summed E-state index contributed by atoms with van der Waals surface area (Å²) in [7, 11) is 2.21. The van der Waals surface area contributed by atoms with Crippen LogP contribution in [0.15, 0.2) is 42.6 Å². The van der Waals surface area contributed by atoms with Gasteiger partial charge in [0.1, 0.15) is 0 Å². The van der Waals surface area contributed by atoms with E-state index < -0.39 is 5.54 Å². The van der Waals surface area contributed by atoms with Crippen molar-refractivity contribution in [2.45, 2.75) is 70.0 Å². The number of fused-ring (bicyclic) bond motifs is 1. The fourth-order valence-corrected chi connectivity index (χ4v) is 5.56. The monoisotopic (exact) mass is 484 g/mol. The van der Waals surface area contributed by atoms with Crippen LogP contribution in [0.1, 0.15) is 69.8 Å². The molecular formula is C30H40N6. The zero-order valence-electron chi connectivity index (χ0n) is 22.0. The molecule has 6 heteroatoms. The van der Waals surface area contributed by atoms with Gasteiger partial charge in [-0.25, -0.2) is 0 Å². The van der Waals surface area contributed by atoms with E-state index in [-0.39, 0.29) is 0 Å². The van der Waals surface area contributed by atoms with Crippen LogP contribution in [-0.4, -0.2) is 47.2 Å². The van der Waals surface area contributed by atoms with Crippen LogP contribution in [0.25, 0.3) is 10.9 Å². The third-order valence-electron chi connectivity index (χ3n) is 7.67. The van der Waals surface area contributed by atoms with Gasteiger partial charge in [-0.1, -0.05) is 24.8 Å². The molecule has 4 N–H and O–H groups in total. The summed E-state index contributed by atoms with van der Waals surface area (Å²) in [5.41, 5.74) is 11.2. The molecule has 0 radical (unpaired) electrons. The number of likely N-dealkylation sites (tertiary alicyclic amines) is 1. The quantitative estimate of drug-likeness (QED) is 0.413. The van der Waals surface area contributed by atoms with E-state index in [1.807, 2.05) is 32.2 Å². The van der Waals surface area contributed by atoms with E-state index in [9.17, 15) is 0 Å². The topological polar surface area (TPSA) is 71.1 Å². The summed E-state index contributed by atoms with van der Waals surface area (Å²) in [6.45, 7) is 6.81. The number of nitrogens with one attached hydrogen (secondary N) is 2. The first-order chi connectivity index (χ1) is 17.4. The Balaban J connectivity index is 1.36. The molecule has 2 fully saturated rings. The SMILES string of the molecule is CN1CCC(Nc2cccc3c2cc(C#CCNc2ccc(C(C)(C)N)nc2)n3C2CCCC2)CC1. The minimum Gasteiger partial charge on any atom is -0.382 e. The van der Waals surface area contributed by atoms with Crippen LogP contribution in [-0.2, 0) is 5.54 Å². The first-order valence-electron chi connectivity index (χ1n) is 13.5. The van der Waals surface area contributed by atoms with Crippen molar-refractivity contribution in [1.29, 1.82) is 0 Å². The Hall–Kier alpha value is -3.01. The Labute approximate surface area is 215 Å². The number of hydrogen-bond acceptors (Lipinski definition) is 5. The molecule has 6 nitrogen and oxygen atoms in total. The molecule has 0 spiro atoms. The highest BCUT2D eigenvalue weighted by molar-refractivity contribution is 5.94. The lowest BCUT2D eigenvalue weighted by Crippen LogP contribution is -2.36. The second kappa shape index (κ2) is 10.5. The molecule has 0 unspecified atom stereocenters. The Bertz CT molecular complexity index is 1230. The predicted molar refractivity (Wildman–Crippen MR) is 150 cm³/mol. The highest BCUT2D eigenvalue weighted by Gasteiger charge is 2.23. The maximum atomic E-state index is 6.15. The molecule has 190 valence electrons. The van der Waals surface area contributed by atoms with Gasteiger partial charge in [-0.15, -0.1) is 0 Å². The summed E-state index contributed by atoms with van der Waals surface area (Å²) in [4.78, 5) is 6.91. The second-order valence-electron chi connectivity index (χ2n) is 11.1. The van der Waals surface area contributed by atoms with Gasteiger partial charge in [0, 0.05) is 23.2 Å². The number of aromatic nitrogens is 2. The van der Waals surface area contributed by atoms with Crippen molar-refractivity contribution in [3.63, 3.8) is 0 Å². The average Bonchev–Trinajstić information content (AvgIpc) is 3.51. The summed E-state index contributed by atoms with van der Waals surface area (Å²) >= 11 is 0. The average molecular weight is 485 g/mol. The molecule has 3 heterocycles. The molecule has 1 aliphatic carbocycles. The van der Waals surface area contributed by atoms with Gasteiger partial charge in [-0.2, -0.15) is 0 Å². The van der Waals surface area contributed by atoms with Crippen molar-refractivity contribution in [3.05, 3.63) is 54.0 Å². The third kappa shape index (κ3) is 5.53. The van der Waals surface area contributed by atoms with Crippen molar-refractivity contribution >= 4 is 22.3 Å². The number of nitrogens with two attached hydrogens (primary N) is 1. The van der Waals surface area contributed by atoms with Gasteiger partial charge in [-0.05, 0) is 95.9 Å². The normalized spacial score (nSPS) is 17.8. The second-order valence-corrected chi connectivity index (χ2v) is 11.1. The van der Waals surface area contributed by atoms with Gasteiger partial charge < -0.3 is 25.8 Å². The summed E-state index contributed by atoms with van der Waals surface area (Å²) in [6.07, 6.45) is 9.28. The standard InChI is InChI=1S/C30H40N6/c1-30(2,31)29-14-13-23(21-33-29)32-17-7-10-25-20-26-27(34-22-15-18-35(3)19-16-22)11-6-12-28(26)36(25)24-8-4-5-9-24/h6,11-14,20-22,24,32,34H,4-5,8-9,15-19,31H2,1-3H3. The lowest BCUT2D eigenvalue weighted by molar-refractivity contribution is 0.264. The van der Waals surface area contributed by atoms with Crippen molar-refractivity contribution in [2.75, 3.05) is 37.3 Å². The van der Waals surface area contributed by atoms with Crippen molar-refractivity contribution < 1.29 is 0 Å². The van der Waals surface area contributed by atoms with E-state index in [0.29, 0.717) is 18.6 Å². The van der Waals surface area contributed by atoms with Crippen LogP contribution in [0.5, 0.6) is 0 Å². The highest BCUT2D eigenvalue weighted by atomic mass is 15.1. The summed E-state index contributed by atoms with van der Waals surface area (Å²) < 4.78 is 2.51. The van der Waals surface area contributed by atoms with Gasteiger partial charge in [-0.3, -0.25) is 4.98 Å². The highest BCUT2D eigenvalue weighted by Crippen LogP contribution is 2.37. The molecule has 1 saturated heterocycles. The largest absolute Gasteiger partial charge is 0.382 e. The van der Waals surface area contributed by atoms with Crippen LogP contribution in [0, 0.1) is 11.8 Å². The van der Waals surface area contributed by atoms with Crippen molar-refractivity contribution in [3.8, 4) is 11.8 Å². The van der Waals surface area contributed by atoms with Crippen LogP contribution in [0.3, 0.4) is 0 Å². The Morgan fingerprint density at radius 1 is 1.08 bits per heavy atom. The van der Waals surface area contributed by atoms with Gasteiger partial charge >= 0.3 is 0 Å². The Morgan fingerprint density at radius 3 is 2.56 bits per heavy atom. The fraction of sp³-hybridized carbons (Fsp3) is 0.500. The van der Waals surface area contributed by atoms with Gasteiger partial charge in [0.05, 0.1) is 40.9 Å². The van der Waals surface area contributed by atoms with E-state index >= 15 is 0 Å². The molecule has 1 aliphatic heterocycles. The third-order valence-corrected chi connectivity index (χ3v) is 7.67. The van der Waals surface area contributed by atoms with Crippen molar-refractivity contribution in [2.24, 2.45) is 5.73 Å². The molecule has 2 aromatic heterocycles. The summed E-state index contributed by atoms with van der Waals surface area (Å²) in [5.74, 6) is 6.86. The lowest BCUT2D eigenvalue weighted by atomic mass is 10.0. The Morgan fingerprint density at radius 2 is 1.86 bits per heavy atom. The minimum absolute atomic E-state index is 0.437. The Kier molecular flexibility index (Phi) is 7.22. The van der Waals surface area contributed by atoms with Crippen LogP contribution in [0.4, 0.5) is 11.4 Å². The maximum Gasteiger partial charge on any atom is 0.0934 e. The molecule has 3 aromatic rings. The predicted octanol–water partition coefficient (Wildman–Crippen LogP) is 5.31. The zero-order valence-corrected chi connectivity index (χ0v) is 22.0. The number of hydrogen-bond donors (Lipinski definition) is 3. The number of rotatable bonds is 6. The van der Waals surface area contributed by atoms with Crippen LogP contribution < -0.4 is 16.4 Å². The summed E-state index contributed by atoms with van der Waals surface area (Å²) in [6, 6.07) is 14.1. The van der Waals surface area contributed by atoms with E-state index in [4.69, 9.17) is 5.73 Å². The van der Waals surface area contributed by atoms with E-state index in [1.165, 1.54) is 55.1 Å². The fourth-order valence-electron chi connectivity index (χ4n) is 5.56. The zero-order chi connectivity index (χ0) is 25.1. The molecule has 1 saturated carbocycles. The number of nitrogens with zero attached hydrogens (tertiary/aromatic N) is 3. The first-order valence-corrected chi connectivity index (χ1v) is 13.5. The molecule has 5 rings (SSSR count). The van der Waals surface area contributed by atoms with E-state index in [1.54, 1.807) is 0 Å². The molecule has 0 amide bonds. The van der Waals surface area contributed by atoms with E-state index in [2.05, 4.69) is 68.2 Å². The van der Waals surface area contributed by atoms with Crippen LogP contribution in [0.2, 0.25) is 0 Å². The van der Waals surface area contributed by atoms with Crippen molar-refractivity contribution in [1.82, 2.24) is 14.5 Å². The molecular weight excluding hydrogens is 444 g/mol. The summed E-state index contributed by atoms with van der Waals surface area (Å²) in [5, 5.41) is 8.54. The molecule has 1 aromatic carbocycles. The molecule has 36 heavy (non-hydrogen) atoms. The molecule has 2 aliphatic rings. The smallest absolute Gasteiger partial charge is 0.0934 e. The van der Waals surface area contributed by atoms with Gasteiger partial charge in [0.15, 0.2) is 0 Å². The molecule has 0 atom stereocenters. The molecule has 0 bridgehead atoms. The number of pyridine rings is 1. The van der Waals surface area contributed by atoms with Crippen LogP contribution >= 0.6 is 0 Å². The number of piperidine rings is 1. The number of benzene rings is 1. The van der Waals surface area contributed by atoms with Gasteiger partial charge in [0.25, 0.3) is 0 Å². The minimum atomic E-state index is -0.437. The first kappa shape index (κ1) is 24.7.